The summed E-state index contributed by atoms with van der Waals surface area (Å²) in [4.78, 5) is 9.07. The predicted octanol–water partition coefficient (Wildman–Crippen LogP) is 8.35. The molecule has 3 atom stereocenters. The number of halogens is 4. The van der Waals surface area contributed by atoms with Gasteiger partial charge in [0.2, 0.25) is 11.8 Å². The Labute approximate surface area is 219 Å². The van der Waals surface area contributed by atoms with Crippen molar-refractivity contribution in [1.29, 1.82) is 0 Å². The highest BCUT2D eigenvalue weighted by Gasteiger charge is 2.50. The highest BCUT2D eigenvalue weighted by molar-refractivity contribution is 5.98. The zero-order chi connectivity index (χ0) is 26.8. The molecule has 0 saturated heterocycles. The van der Waals surface area contributed by atoms with Gasteiger partial charge in [-0.05, 0) is 43.2 Å². The van der Waals surface area contributed by atoms with Crippen molar-refractivity contribution >= 4 is 5.71 Å². The van der Waals surface area contributed by atoms with E-state index < -0.39 is 29.8 Å². The van der Waals surface area contributed by atoms with Crippen LogP contribution in [0, 0.1) is 17.8 Å². The van der Waals surface area contributed by atoms with Crippen LogP contribution in [-0.2, 0) is 12.3 Å². The number of rotatable bonds is 15. The van der Waals surface area contributed by atoms with Gasteiger partial charge in [0, 0.05) is 18.8 Å². The third-order valence-electron chi connectivity index (χ3n) is 7.64. The Balaban J connectivity index is 1.58. The maximum absolute atomic E-state index is 15.5. The number of fused-ring (bicyclic) bond motifs is 1. The van der Waals surface area contributed by atoms with E-state index >= 15 is 8.78 Å². The Morgan fingerprint density at radius 3 is 2.59 bits per heavy atom. The number of pyridine rings is 1. The Morgan fingerprint density at radius 2 is 1.86 bits per heavy atom. The monoisotopic (exact) mass is 525 g/mol. The second-order valence-corrected chi connectivity index (χ2v) is 10.5. The first-order valence-electron chi connectivity index (χ1n) is 14.1. The van der Waals surface area contributed by atoms with E-state index in [4.69, 9.17) is 4.74 Å². The number of aliphatic imine (C=N–C) groups is 1. The zero-order valence-electron chi connectivity index (χ0n) is 22.6. The molecular formula is C29H43F4N3O. The van der Waals surface area contributed by atoms with Crippen molar-refractivity contribution in [1.82, 2.24) is 9.88 Å². The Hall–Kier alpha value is -2.12. The Kier molecular flexibility index (Phi) is 11.3. The molecule has 2 aliphatic rings. The lowest BCUT2D eigenvalue weighted by molar-refractivity contribution is -0.0534. The zero-order valence-corrected chi connectivity index (χ0v) is 22.6. The molecule has 0 amide bonds. The number of hydrogen-bond acceptors (Lipinski definition) is 4. The van der Waals surface area contributed by atoms with Crippen molar-refractivity contribution in [3.63, 3.8) is 0 Å². The van der Waals surface area contributed by atoms with Gasteiger partial charge < -0.3 is 9.64 Å². The topological polar surface area (TPSA) is 37.7 Å². The van der Waals surface area contributed by atoms with Gasteiger partial charge in [-0.15, -0.1) is 0 Å². The number of ether oxygens (including phenoxy) is 1. The highest BCUT2D eigenvalue weighted by Crippen LogP contribution is 2.47. The molecule has 1 aromatic heterocycles. The lowest BCUT2D eigenvalue weighted by Gasteiger charge is -2.35. The van der Waals surface area contributed by atoms with Crippen molar-refractivity contribution in [3.8, 4) is 5.88 Å². The summed E-state index contributed by atoms with van der Waals surface area (Å²) >= 11 is 0. The van der Waals surface area contributed by atoms with E-state index in [2.05, 4.69) is 30.7 Å². The summed E-state index contributed by atoms with van der Waals surface area (Å²) in [5.41, 5.74) is -0.539. The molecule has 1 aromatic rings. The third-order valence-corrected chi connectivity index (χ3v) is 7.64. The number of alkyl halides is 3. The number of aromatic nitrogens is 1. The van der Waals surface area contributed by atoms with Crippen molar-refractivity contribution in [2.75, 3.05) is 13.2 Å². The summed E-state index contributed by atoms with van der Waals surface area (Å²) in [7, 11) is 0. The van der Waals surface area contributed by atoms with Gasteiger partial charge in [-0.25, -0.2) is 13.8 Å². The average Bonchev–Trinajstić information content (AvgIpc) is 2.86. The van der Waals surface area contributed by atoms with E-state index in [1.807, 2.05) is 0 Å². The lowest BCUT2D eigenvalue weighted by atomic mass is 9.78. The molecule has 0 bridgehead atoms. The average molecular weight is 526 g/mol. The molecule has 0 N–H and O–H groups in total. The number of aryl methyl sites for hydroxylation is 1. The number of hydrogen-bond donors (Lipinski definition) is 0. The molecule has 0 spiro atoms. The molecule has 8 heteroatoms. The fourth-order valence-electron chi connectivity index (χ4n) is 5.07. The molecule has 0 saturated carbocycles. The quantitative estimate of drug-likeness (QED) is 0.0999. The Morgan fingerprint density at radius 1 is 1.11 bits per heavy atom. The SMILES string of the molecule is CCCCCCCCOc1cc2c(c(F)n1)C(F)(F)C(C1=NC(F)N(CCCCC(C)CC)C=C1)CC2. The summed E-state index contributed by atoms with van der Waals surface area (Å²) in [6.45, 7) is 7.36. The Bertz CT molecular complexity index is 921. The standard InChI is InChI=1S/C29H43F4N3O/c1-4-6-7-8-9-12-19-37-25-20-22-14-15-23(29(32,33)26(22)27(30)35-25)24-16-18-36(28(31)34-24)17-11-10-13-21(3)5-2/h16,18,20-21,23,28H,4-15,17,19H2,1-3H3. The van der Waals surface area contributed by atoms with Gasteiger partial charge in [0.1, 0.15) is 0 Å². The van der Waals surface area contributed by atoms with Crippen LogP contribution in [0.3, 0.4) is 0 Å². The first kappa shape index (κ1) is 29.4. The molecule has 0 fully saturated rings. The summed E-state index contributed by atoms with van der Waals surface area (Å²) < 4.78 is 66.2. The molecule has 0 radical (unpaired) electrons. The fraction of sp³-hybridized carbons (Fsp3) is 0.724. The number of nitrogens with zero attached hydrogens (tertiary/aromatic N) is 3. The van der Waals surface area contributed by atoms with Gasteiger partial charge in [0.25, 0.3) is 12.3 Å². The molecule has 208 valence electrons. The molecule has 3 unspecified atom stereocenters. The summed E-state index contributed by atoms with van der Waals surface area (Å²) in [6, 6.07) is 1.43. The summed E-state index contributed by atoms with van der Waals surface area (Å²) in [5, 5.41) is 0. The van der Waals surface area contributed by atoms with Crippen LogP contribution in [0.25, 0.3) is 0 Å². The van der Waals surface area contributed by atoms with E-state index in [9.17, 15) is 8.78 Å². The van der Waals surface area contributed by atoms with E-state index in [0.717, 1.165) is 44.9 Å². The van der Waals surface area contributed by atoms with E-state index in [1.165, 1.54) is 42.5 Å². The van der Waals surface area contributed by atoms with Crippen molar-refractivity contribution in [2.24, 2.45) is 16.8 Å². The van der Waals surface area contributed by atoms with Crippen LogP contribution < -0.4 is 4.74 Å². The van der Waals surface area contributed by atoms with Gasteiger partial charge in [0.15, 0.2) is 0 Å². The maximum atomic E-state index is 15.5. The molecule has 1 aliphatic heterocycles. The second-order valence-electron chi connectivity index (χ2n) is 10.5. The second kappa shape index (κ2) is 14.1. The third kappa shape index (κ3) is 7.93. The molecule has 1 aliphatic carbocycles. The molecule has 3 rings (SSSR count). The normalized spacial score (nSPS) is 21.5. The van der Waals surface area contributed by atoms with Crippen molar-refractivity contribution in [3.05, 3.63) is 35.4 Å². The number of allylic oxidation sites excluding steroid dienone is 1. The van der Waals surface area contributed by atoms with Crippen LogP contribution in [0.2, 0.25) is 0 Å². The maximum Gasteiger partial charge on any atom is 0.286 e. The predicted molar refractivity (Wildman–Crippen MR) is 140 cm³/mol. The van der Waals surface area contributed by atoms with E-state index in [-0.39, 0.29) is 30.0 Å². The van der Waals surface area contributed by atoms with Crippen LogP contribution >= 0.6 is 0 Å². The molecule has 2 heterocycles. The largest absolute Gasteiger partial charge is 0.478 e. The summed E-state index contributed by atoms with van der Waals surface area (Å²) in [5.74, 6) is -5.47. The van der Waals surface area contributed by atoms with E-state index in [0.29, 0.717) is 19.1 Å². The minimum Gasteiger partial charge on any atom is -0.478 e. The van der Waals surface area contributed by atoms with Gasteiger partial charge >= 0.3 is 0 Å². The van der Waals surface area contributed by atoms with Gasteiger partial charge in [0.05, 0.1) is 23.8 Å². The van der Waals surface area contributed by atoms with Gasteiger partial charge in [-0.2, -0.15) is 13.8 Å². The summed E-state index contributed by atoms with van der Waals surface area (Å²) in [6.07, 6.45) is 12.0. The van der Waals surface area contributed by atoms with Gasteiger partial charge in [-0.1, -0.05) is 72.1 Å². The van der Waals surface area contributed by atoms with Crippen molar-refractivity contribution in [2.45, 2.75) is 110 Å². The smallest absolute Gasteiger partial charge is 0.286 e. The van der Waals surface area contributed by atoms with Crippen LogP contribution in [-0.4, -0.2) is 35.2 Å². The molecule has 0 aromatic carbocycles. The lowest BCUT2D eigenvalue weighted by Crippen LogP contribution is -2.40. The molecule has 4 nitrogen and oxygen atoms in total. The highest BCUT2D eigenvalue weighted by atomic mass is 19.3. The van der Waals surface area contributed by atoms with E-state index in [1.54, 1.807) is 0 Å². The minimum atomic E-state index is -3.54. The van der Waals surface area contributed by atoms with Crippen LogP contribution in [0.15, 0.2) is 23.3 Å². The minimum absolute atomic E-state index is 0.0261. The first-order valence-corrected chi connectivity index (χ1v) is 14.1. The van der Waals surface area contributed by atoms with Gasteiger partial charge in [-0.3, -0.25) is 0 Å². The van der Waals surface area contributed by atoms with Crippen LogP contribution in [0.4, 0.5) is 17.6 Å². The molecule has 37 heavy (non-hydrogen) atoms. The van der Waals surface area contributed by atoms with Crippen molar-refractivity contribution < 1.29 is 22.3 Å². The van der Waals surface area contributed by atoms with Crippen LogP contribution in [0.1, 0.15) is 103 Å². The van der Waals surface area contributed by atoms with Crippen LogP contribution in [0.5, 0.6) is 5.88 Å². The first-order chi connectivity index (χ1) is 17.8. The molecular weight excluding hydrogens is 482 g/mol. The number of unbranched alkanes of at least 4 members (excludes halogenated alkanes) is 6. The fourth-order valence-corrected chi connectivity index (χ4v) is 5.07.